The third-order valence-corrected chi connectivity index (χ3v) is 11.1. The average Bonchev–Trinajstić information content (AvgIpc) is 3.64. The molecular weight excluding hydrogens is 573 g/mol. The lowest BCUT2D eigenvalue weighted by Crippen LogP contribution is -2.48. The van der Waals surface area contributed by atoms with Crippen molar-refractivity contribution in [2.75, 3.05) is 30.7 Å². The molecule has 0 radical (unpaired) electrons. The van der Waals surface area contributed by atoms with Crippen molar-refractivity contribution >= 4 is 46.6 Å². The van der Waals surface area contributed by atoms with E-state index in [0.717, 1.165) is 75.8 Å². The molecule has 1 aromatic rings. The lowest BCUT2D eigenvalue weighted by Gasteiger charge is -2.39. The van der Waals surface area contributed by atoms with E-state index in [2.05, 4.69) is 19.8 Å². The Labute approximate surface area is 248 Å². The lowest BCUT2D eigenvalue weighted by molar-refractivity contribution is -0.136. The number of nitrogens with one attached hydrogen (secondary N) is 2. The van der Waals surface area contributed by atoms with Gasteiger partial charge in [-0.2, -0.15) is 13.2 Å². The van der Waals surface area contributed by atoms with Gasteiger partial charge in [0.1, 0.15) is 0 Å². The van der Waals surface area contributed by atoms with Crippen molar-refractivity contribution in [1.29, 1.82) is 0 Å². The number of carbonyl (C=O) groups excluding carboxylic acids is 2. The van der Waals surface area contributed by atoms with Crippen molar-refractivity contribution in [2.24, 2.45) is 11.8 Å². The van der Waals surface area contributed by atoms with Crippen molar-refractivity contribution in [2.45, 2.75) is 88.5 Å². The molecule has 11 heteroatoms. The summed E-state index contributed by atoms with van der Waals surface area (Å²) in [6, 6.07) is 4.39. The minimum absolute atomic E-state index is 0.0855. The zero-order chi connectivity index (χ0) is 28.7. The van der Waals surface area contributed by atoms with Gasteiger partial charge >= 0.3 is 6.18 Å². The summed E-state index contributed by atoms with van der Waals surface area (Å²) < 4.78 is 39.9. The summed E-state index contributed by atoms with van der Waals surface area (Å²) in [5.41, 5.74) is 2.48. The SMILES string of the molecule is O=C1Nc2cc(Cl)c(C(=O)NC3CC4CC[C@@H](C3)N4SCC3CCN(CCCC(F)(F)F)CC3)cc2/C1=C\C1CC1. The molecule has 0 spiro atoms. The Balaban J connectivity index is 0.982. The third-order valence-electron chi connectivity index (χ3n) is 9.26. The molecule has 6 nitrogen and oxygen atoms in total. The number of halogens is 4. The van der Waals surface area contributed by atoms with Gasteiger partial charge in [0, 0.05) is 41.4 Å². The summed E-state index contributed by atoms with van der Waals surface area (Å²) in [4.78, 5) is 28.0. The maximum absolute atomic E-state index is 13.3. The number of allylic oxidation sites excluding steroid dienone is 1. The van der Waals surface area contributed by atoms with E-state index in [9.17, 15) is 22.8 Å². The van der Waals surface area contributed by atoms with Crippen LogP contribution in [0.15, 0.2) is 18.2 Å². The summed E-state index contributed by atoms with van der Waals surface area (Å²) >= 11 is 8.44. The van der Waals surface area contributed by atoms with Gasteiger partial charge in [-0.25, -0.2) is 4.31 Å². The zero-order valence-corrected chi connectivity index (χ0v) is 24.7. The van der Waals surface area contributed by atoms with Gasteiger partial charge in [0.25, 0.3) is 11.8 Å². The van der Waals surface area contributed by atoms with E-state index in [1.807, 2.05) is 18.0 Å². The van der Waals surface area contributed by atoms with Crippen LogP contribution in [0.1, 0.15) is 80.1 Å². The second-order valence-electron chi connectivity index (χ2n) is 12.4. The monoisotopic (exact) mass is 610 g/mol. The summed E-state index contributed by atoms with van der Waals surface area (Å²) in [7, 11) is 0. The van der Waals surface area contributed by atoms with E-state index in [0.29, 0.717) is 52.3 Å². The quantitative estimate of drug-likeness (QED) is 0.246. The number of likely N-dealkylation sites (tertiary alicyclic amines) is 1. The number of hydrogen-bond acceptors (Lipinski definition) is 5. The summed E-state index contributed by atoms with van der Waals surface area (Å²) in [5, 5.41) is 6.46. The van der Waals surface area contributed by atoms with Gasteiger partial charge in [-0.3, -0.25) is 9.59 Å². The maximum Gasteiger partial charge on any atom is 0.389 e. The van der Waals surface area contributed by atoms with Crippen LogP contribution in [-0.2, 0) is 4.79 Å². The predicted molar refractivity (Wildman–Crippen MR) is 157 cm³/mol. The predicted octanol–water partition coefficient (Wildman–Crippen LogP) is 6.51. The summed E-state index contributed by atoms with van der Waals surface area (Å²) in [6.07, 6.45) is 5.80. The molecule has 224 valence electrons. The van der Waals surface area contributed by atoms with Crippen molar-refractivity contribution in [3.63, 3.8) is 0 Å². The number of rotatable bonds is 9. The second kappa shape index (κ2) is 12.1. The minimum atomic E-state index is -4.06. The molecule has 1 aliphatic carbocycles. The van der Waals surface area contributed by atoms with Crippen LogP contribution in [0, 0.1) is 11.8 Å². The van der Waals surface area contributed by atoms with Crippen LogP contribution in [0.25, 0.3) is 5.57 Å². The number of anilines is 1. The standard InChI is InChI=1S/C30H38ClF3N4O2S/c31-26-16-27-23(24(28(39)36-27)12-18-2-3-18)15-25(26)29(40)35-20-13-21-4-5-22(14-20)38(21)41-17-19-6-10-37(11-7-19)9-1-8-30(32,33)34/h12,15-16,18-22H,1-11,13-14,17H2,(H,35,40)(H,36,39)/b24-12+/t20?,21-,22?/m0/s1. The molecule has 2 bridgehead atoms. The van der Waals surface area contributed by atoms with Crippen molar-refractivity contribution in [1.82, 2.24) is 14.5 Å². The number of amides is 2. The highest BCUT2D eigenvalue weighted by Gasteiger charge is 2.42. The van der Waals surface area contributed by atoms with E-state index in [1.54, 1.807) is 12.1 Å². The number of nitrogens with zero attached hydrogens (tertiary/aromatic N) is 2. The Kier molecular flexibility index (Phi) is 8.65. The fourth-order valence-corrected chi connectivity index (χ4v) is 8.62. The normalized spacial score (nSPS) is 28.2. The lowest BCUT2D eigenvalue weighted by atomic mass is 9.98. The Morgan fingerprint density at radius 1 is 1.10 bits per heavy atom. The van der Waals surface area contributed by atoms with Gasteiger partial charge < -0.3 is 15.5 Å². The largest absolute Gasteiger partial charge is 0.389 e. The molecule has 2 unspecified atom stereocenters. The Morgan fingerprint density at radius 3 is 2.46 bits per heavy atom. The van der Waals surface area contributed by atoms with Gasteiger partial charge in [0.2, 0.25) is 0 Å². The molecule has 4 aliphatic heterocycles. The van der Waals surface area contributed by atoms with Gasteiger partial charge in [-0.1, -0.05) is 29.6 Å². The Hall–Kier alpha value is -1.75. The highest BCUT2D eigenvalue weighted by molar-refractivity contribution is 7.97. The molecule has 3 atom stereocenters. The maximum atomic E-state index is 13.3. The van der Waals surface area contributed by atoms with Crippen LogP contribution in [0.3, 0.4) is 0 Å². The van der Waals surface area contributed by atoms with Crippen LogP contribution in [0.4, 0.5) is 18.9 Å². The van der Waals surface area contributed by atoms with Crippen molar-refractivity contribution in [3.8, 4) is 0 Å². The number of benzene rings is 1. The Morgan fingerprint density at radius 2 is 1.80 bits per heavy atom. The van der Waals surface area contributed by atoms with Crippen LogP contribution < -0.4 is 10.6 Å². The molecule has 1 aromatic carbocycles. The van der Waals surface area contributed by atoms with E-state index in [4.69, 9.17) is 11.6 Å². The number of piperidine rings is 2. The molecule has 4 heterocycles. The first-order valence-electron chi connectivity index (χ1n) is 15.0. The first kappa shape index (κ1) is 29.3. The van der Waals surface area contributed by atoms with Crippen LogP contribution in [0.5, 0.6) is 0 Å². The molecule has 4 fully saturated rings. The highest BCUT2D eigenvalue weighted by atomic mass is 35.5. The molecule has 6 rings (SSSR count). The molecule has 2 amide bonds. The van der Waals surface area contributed by atoms with Crippen molar-refractivity contribution in [3.05, 3.63) is 34.4 Å². The molecule has 1 saturated carbocycles. The van der Waals surface area contributed by atoms with E-state index in [1.165, 1.54) is 0 Å². The molecule has 41 heavy (non-hydrogen) atoms. The van der Waals surface area contributed by atoms with Gasteiger partial charge in [-0.05, 0) is 101 Å². The molecule has 0 aromatic heterocycles. The molecule has 2 N–H and O–H groups in total. The molecule has 5 aliphatic rings. The number of carbonyl (C=O) groups is 2. The summed E-state index contributed by atoms with van der Waals surface area (Å²) in [5.74, 6) is 1.77. The number of alkyl halides is 3. The number of fused-ring (bicyclic) bond motifs is 3. The smallest absolute Gasteiger partial charge is 0.349 e. The minimum Gasteiger partial charge on any atom is -0.349 e. The first-order valence-corrected chi connectivity index (χ1v) is 16.3. The van der Waals surface area contributed by atoms with Crippen LogP contribution in [0.2, 0.25) is 5.02 Å². The first-order chi connectivity index (χ1) is 19.6. The van der Waals surface area contributed by atoms with Gasteiger partial charge in [0.15, 0.2) is 0 Å². The molecule has 3 saturated heterocycles. The van der Waals surface area contributed by atoms with E-state index < -0.39 is 12.6 Å². The summed E-state index contributed by atoms with van der Waals surface area (Å²) in [6.45, 7) is 2.31. The number of hydrogen-bond donors (Lipinski definition) is 2. The highest BCUT2D eigenvalue weighted by Crippen LogP contribution is 2.43. The van der Waals surface area contributed by atoms with Gasteiger partial charge in [0.05, 0.1) is 16.3 Å². The Bertz CT molecular complexity index is 1180. The van der Waals surface area contributed by atoms with E-state index in [-0.39, 0.29) is 24.3 Å². The molecular formula is C30H38ClF3N4O2S. The average molecular weight is 611 g/mol. The third kappa shape index (κ3) is 7.08. The van der Waals surface area contributed by atoms with E-state index >= 15 is 0 Å². The second-order valence-corrected chi connectivity index (χ2v) is 13.9. The topological polar surface area (TPSA) is 64.7 Å². The van der Waals surface area contributed by atoms with Gasteiger partial charge in [-0.15, -0.1) is 0 Å². The van der Waals surface area contributed by atoms with Crippen molar-refractivity contribution < 1.29 is 22.8 Å². The van der Waals surface area contributed by atoms with Crippen LogP contribution in [-0.4, -0.2) is 70.7 Å². The van der Waals surface area contributed by atoms with Crippen LogP contribution >= 0.6 is 23.5 Å². The fourth-order valence-electron chi connectivity index (χ4n) is 6.85. The zero-order valence-electron chi connectivity index (χ0n) is 23.1. The fraction of sp³-hybridized carbons (Fsp3) is 0.667.